The van der Waals surface area contributed by atoms with Crippen molar-refractivity contribution in [3.05, 3.63) is 27.8 Å². The van der Waals surface area contributed by atoms with E-state index in [4.69, 9.17) is 25.3 Å². The van der Waals surface area contributed by atoms with E-state index in [9.17, 15) is 0 Å². The molecule has 0 fully saturated rings. The summed E-state index contributed by atoms with van der Waals surface area (Å²) in [7, 11) is 0. The Morgan fingerprint density at radius 3 is 1.07 bits per heavy atom. The van der Waals surface area contributed by atoms with Crippen LogP contribution >= 0.6 is 0 Å². The summed E-state index contributed by atoms with van der Waals surface area (Å²) in [6.45, 7) is 29.5. The quantitative estimate of drug-likeness (QED) is 0.226. The Kier molecular flexibility index (Phi) is 18.3. The zero-order valence-electron chi connectivity index (χ0n) is 20.1. The fourth-order valence-corrected chi connectivity index (χ4v) is 2.69. The standard InChI is InChI=1S/C10H15.C5H10N.2C4H10S.W/c1-6-7(2)9(4)10(5)8(6)3;1-4-6(3)5-2;2*1-4(2,3)5;/h1-5H3;4-5H2,1-2H3;2*5H,1-3H3;/q-1;;;;/p-2. The molecule has 1 aromatic rings. The van der Waals surface area contributed by atoms with Crippen LogP contribution in [0.25, 0.3) is 0 Å². The molecular weight excluding hydrogens is 538 g/mol. The Bertz CT molecular complexity index is 447. The van der Waals surface area contributed by atoms with Crippen LogP contribution in [-0.2, 0) is 44.4 Å². The first-order valence-electron chi connectivity index (χ1n) is 9.63. The van der Waals surface area contributed by atoms with Gasteiger partial charge >= 0.3 is 55.3 Å². The molecular formula is C23H43NS2W-3. The van der Waals surface area contributed by atoms with Crippen LogP contribution in [0.2, 0.25) is 0 Å². The third-order valence-corrected chi connectivity index (χ3v) is 4.63. The van der Waals surface area contributed by atoms with Gasteiger partial charge in [0.05, 0.1) is 0 Å². The van der Waals surface area contributed by atoms with Gasteiger partial charge in [-0.15, -0.1) is 0 Å². The van der Waals surface area contributed by atoms with Crippen LogP contribution in [0.3, 0.4) is 0 Å². The van der Waals surface area contributed by atoms with Crippen molar-refractivity contribution in [2.24, 2.45) is 0 Å². The first-order chi connectivity index (χ1) is 11.9. The first kappa shape index (κ1) is 32.2. The van der Waals surface area contributed by atoms with Gasteiger partial charge < -0.3 is 25.3 Å². The van der Waals surface area contributed by atoms with E-state index >= 15 is 0 Å². The summed E-state index contributed by atoms with van der Waals surface area (Å²) in [6, 6.07) is 0. The molecule has 0 aliphatic carbocycles. The summed E-state index contributed by atoms with van der Waals surface area (Å²) >= 11 is 11.1. The average molecular weight is 582 g/mol. The van der Waals surface area contributed by atoms with E-state index < -0.39 is 0 Å². The maximum atomic E-state index is 4.83. The van der Waals surface area contributed by atoms with Gasteiger partial charge in [0, 0.05) is 0 Å². The van der Waals surface area contributed by atoms with Crippen LogP contribution in [-0.4, -0.2) is 27.5 Å². The molecule has 0 bridgehead atoms. The van der Waals surface area contributed by atoms with Gasteiger partial charge in [-0.2, -0.15) is 37.3 Å². The third-order valence-electron chi connectivity index (χ3n) is 3.71. The van der Waals surface area contributed by atoms with E-state index in [-0.39, 0.29) is 9.49 Å². The van der Waals surface area contributed by atoms with Crippen molar-refractivity contribution in [3.63, 3.8) is 0 Å². The number of hydrogen-bond acceptors (Lipinski definition) is 3. The van der Waals surface area contributed by atoms with Gasteiger partial charge in [-0.1, -0.05) is 76.2 Å². The summed E-state index contributed by atoms with van der Waals surface area (Å²) in [4.78, 5) is 2.16. The van der Waals surface area contributed by atoms with Crippen LogP contribution in [0.15, 0.2) is 0 Å². The number of nitrogens with zero attached hydrogens (tertiary/aromatic N) is 1. The van der Waals surface area contributed by atoms with Crippen molar-refractivity contribution in [2.45, 2.75) is 99.5 Å². The second-order valence-electron chi connectivity index (χ2n) is 8.61. The van der Waals surface area contributed by atoms with Crippen LogP contribution in [0, 0.1) is 38.9 Å². The molecule has 161 valence electrons. The van der Waals surface area contributed by atoms with Crippen LogP contribution in [0.5, 0.6) is 0 Å². The van der Waals surface area contributed by atoms with Gasteiger partial charge in [-0.3, -0.25) is 0 Å². The molecule has 1 aromatic carbocycles. The smallest absolute Gasteiger partial charge is 0.0630 e. The van der Waals surface area contributed by atoms with Gasteiger partial charge in [0.1, 0.15) is 0 Å². The number of rotatable bonds is 2. The molecule has 0 heterocycles. The molecule has 27 heavy (non-hydrogen) atoms. The maximum absolute atomic E-state index is 4.83. The van der Waals surface area contributed by atoms with Crippen LogP contribution < -0.4 is 0 Å². The van der Waals surface area contributed by atoms with Crippen molar-refractivity contribution >= 4 is 25.3 Å². The summed E-state index contributed by atoms with van der Waals surface area (Å²) in [6.07, 6.45) is 0. The molecule has 0 N–H and O–H groups in total. The Hall–Kier alpha value is 0.478. The third kappa shape index (κ3) is 22.6. The van der Waals surface area contributed by atoms with Crippen LogP contribution in [0.4, 0.5) is 0 Å². The maximum Gasteiger partial charge on any atom is -0.0630 e. The fraction of sp³-hybridized carbons (Fsp3) is 0.739. The molecule has 4 heteroatoms. The molecule has 0 aliphatic heterocycles. The molecule has 0 amide bonds. The Balaban J connectivity index is -0.000000300. The predicted molar refractivity (Wildman–Crippen MR) is 127 cm³/mol. The van der Waals surface area contributed by atoms with E-state index in [0.717, 1.165) is 13.1 Å². The second-order valence-corrected chi connectivity index (χ2v) is 11.7. The minimum absolute atomic E-state index is 0.0833. The zero-order valence-corrected chi connectivity index (χ0v) is 24.7. The Morgan fingerprint density at radius 2 is 1.04 bits per heavy atom. The van der Waals surface area contributed by atoms with E-state index in [1.54, 1.807) is 0 Å². The summed E-state index contributed by atoms with van der Waals surface area (Å²) in [5.74, 6) is 0. The van der Waals surface area contributed by atoms with Crippen LogP contribution in [0.1, 0.15) is 83.2 Å². The average Bonchev–Trinajstić information content (AvgIpc) is 2.64. The zero-order chi connectivity index (χ0) is 22.6. The molecule has 1 rings (SSSR count). The van der Waals surface area contributed by atoms with Crippen molar-refractivity contribution in [2.75, 3.05) is 13.1 Å². The molecule has 0 aromatic heterocycles. The van der Waals surface area contributed by atoms with E-state index in [1.807, 2.05) is 41.5 Å². The molecule has 0 aliphatic rings. The SMILES string of the molecule is CC(C)(C)[S-].CC(C)(C)[S-].CCN([C]#[W])CC.Cc1c(C)c(C)[c-](C)c1C. The Labute approximate surface area is 193 Å². The minimum atomic E-state index is 0.0833. The Morgan fingerprint density at radius 1 is 0.815 bits per heavy atom. The first-order valence-corrected chi connectivity index (χ1v) is 11.9. The van der Waals surface area contributed by atoms with E-state index in [0.29, 0.717) is 0 Å². The van der Waals surface area contributed by atoms with Gasteiger partial charge in [-0.05, 0) is 0 Å². The topological polar surface area (TPSA) is 3.24 Å². The molecule has 0 unspecified atom stereocenters. The molecule has 1 nitrogen and oxygen atoms in total. The van der Waals surface area contributed by atoms with Gasteiger partial charge in [0.15, 0.2) is 0 Å². The molecule has 0 saturated heterocycles. The monoisotopic (exact) mass is 581 g/mol. The summed E-state index contributed by atoms with van der Waals surface area (Å²) in [5, 5.41) is 0. The normalized spacial score (nSPS) is 10.6. The van der Waals surface area contributed by atoms with E-state index in [2.05, 4.69) is 57.7 Å². The summed E-state index contributed by atoms with van der Waals surface area (Å²) in [5.41, 5.74) is 7.34. The van der Waals surface area contributed by atoms with Gasteiger partial charge in [-0.25, -0.2) is 0 Å². The molecule has 0 spiro atoms. The van der Waals surface area contributed by atoms with Crippen molar-refractivity contribution < 1.29 is 19.2 Å². The van der Waals surface area contributed by atoms with Crippen molar-refractivity contribution in [3.8, 4) is 4.33 Å². The number of hydrogen-bond donors (Lipinski definition) is 0. The predicted octanol–water partition coefficient (Wildman–Crippen LogP) is 6.40. The van der Waals surface area contributed by atoms with Crippen molar-refractivity contribution in [1.29, 1.82) is 0 Å². The van der Waals surface area contributed by atoms with Gasteiger partial charge in [0.2, 0.25) is 0 Å². The fourth-order valence-electron chi connectivity index (χ4n) is 1.76. The largest absolute Gasteiger partial charge is 0.196 e. The van der Waals surface area contributed by atoms with Gasteiger partial charge in [0.25, 0.3) is 0 Å². The molecule has 0 saturated carbocycles. The molecule has 0 atom stereocenters. The summed E-state index contributed by atoms with van der Waals surface area (Å²) < 4.78 is 3.28. The molecule has 0 radical (unpaired) electrons. The minimum Gasteiger partial charge on any atom is -0.196 e. The van der Waals surface area contributed by atoms with Crippen molar-refractivity contribution in [1.82, 2.24) is 4.90 Å². The van der Waals surface area contributed by atoms with E-state index in [1.165, 1.54) is 47.0 Å². The second kappa shape index (κ2) is 15.3.